The topological polar surface area (TPSA) is 199 Å². The van der Waals surface area contributed by atoms with E-state index in [1.807, 2.05) is 4.90 Å². The van der Waals surface area contributed by atoms with Crippen LogP contribution in [-0.4, -0.2) is 114 Å². The fourth-order valence-corrected chi connectivity index (χ4v) is 7.62. The van der Waals surface area contributed by atoms with E-state index in [9.17, 15) is 28.8 Å². The molecule has 278 valence electrons. The molecule has 3 N–H and O–H groups in total. The Labute approximate surface area is 286 Å². The molecule has 16 heteroatoms. The molecule has 0 radical (unpaired) electrons. The number of alkyl carbamates (subject to hydrolysis) is 1. The average molecular weight is 702 g/mol. The van der Waals surface area contributed by atoms with E-state index >= 15 is 4.39 Å². The molecule has 0 unspecified atom stereocenters. The van der Waals surface area contributed by atoms with E-state index in [0.29, 0.717) is 6.42 Å². The molecule has 3 fully saturated rings. The minimum atomic E-state index is -3.29. The lowest BCUT2D eigenvalue weighted by Gasteiger charge is -2.47. The second-order valence-corrected chi connectivity index (χ2v) is 14.4. The Morgan fingerprint density at radius 1 is 1.06 bits per heavy atom. The number of esters is 2. The van der Waals surface area contributed by atoms with Crippen LogP contribution < -0.4 is 11.1 Å². The van der Waals surface area contributed by atoms with Gasteiger partial charge in [0.15, 0.2) is 23.8 Å². The van der Waals surface area contributed by atoms with Crippen LogP contribution in [0.3, 0.4) is 0 Å². The van der Waals surface area contributed by atoms with E-state index in [0.717, 1.165) is 6.92 Å². The van der Waals surface area contributed by atoms with Crippen LogP contribution in [0.15, 0.2) is 0 Å². The minimum absolute atomic E-state index is 0.0437. The summed E-state index contributed by atoms with van der Waals surface area (Å²) in [7, 11) is 3.54. The Bertz CT molecular complexity index is 1310. The number of Topliss-reactive ketones (excluding diaryl/α,β-unsaturated/α-hetero) is 2. The number of nitrogens with one attached hydrogen (secondary N) is 1. The quantitative estimate of drug-likeness (QED) is 0.233. The van der Waals surface area contributed by atoms with Crippen molar-refractivity contribution in [1.82, 2.24) is 10.2 Å². The molecule has 3 aliphatic rings. The van der Waals surface area contributed by atoms with Crippen molar-refractivity contribution in [3.63, 3.8) is 0 Å². The number of amides is 2. The van der Waals surface area contributed by atoms with Gasteiger partial charge in [-0.2, -0.15) is 0 Å². The molecule has 0 spiro atoms. The van der Waals surface area contributed by atoms with Gasteiger partial charge in [0.1, 0.15) is 23.6 Å². The van der Waals surface area contributed by atoms with Crippen LogP contribution in [0, 0.1) is 17.8 Å². The number of likely N-dealkylation sites (N-methyl/N-ethyl adjacent to an activating group) is 1. The summed E-state index contributed by atoms with van der Waals surface area (Å²) in [6, 6.07) is -1.46. The number of ether oxygens (including phenoxy) is 6. The van der Waals surface area contributed by atoms with Gasteiger partial charge in [0, 0.05) is 24.7 Å². The second-order valence-electron chi connectivity index (χ2n) is 14.4. The van der Waals surface area contributed by atoms with Crippen molar-refractivity contribution in [2.75, 3.05) is 14.1 Å². The minimum Gasteiger partial charge on any atom is -0.455 e. The molecule has 0 aromatic rings. The van der Waals surface area contributed by atoms with Gasteiger partial charge in [0.25, 0.3) is 5.67 Å². The molecule has 49 heavy (non-hydrogen) atoms. The normalized spacial score (nSPS) is 42.3. The summed E-state index contributed by atoms with van der Waals surface area (Å²) in [4.78, 5) is 80.8. The summed E-state index contributed by atoms with van der Waals surface area (Å²) in [6.45, 7) is 12.6. The third-order valence-corrected chi connectivity index (χ3v) is 10.1. The number of fused-ring (bicyclic) bond motifs is 1. The van der Waals surface area contributed by atoms with E-state index in [-0.39, 0.29) is 12.8 Å². The first-order chi connectivity index (χ1) is 22.5. The first kappa shape index (κ1) is 40.1. The van der Waals surface area contributed by atoms with Gasteiger partial charge in [-0.15, -0.1) is 0 Å². The number of rotatable bonds is 6. The molecular weight excluding hydrogens is 649 g/mol. The SMILES string of the molecule is CC[C@H]1OC(=O)[C@@](C)(F)C(=O)[C@H](C)[C@@H](O[C@@H]2O[C@H](C)C[C@H](N(C)C)[C@H]2OC(C)=O)[C@](C)(OC(N)=O)C[C@@H](C)C(=O)[C@H](C)[C@H]2NC(=O)O[C@@]21C. The first-order valence-electron chi connectivity index (χ1n) is 16.6. The Hall–Kier alpha value is -3.37. The van der Waals surface area contributed by atoms with E-state index in [1.54, 1.807) is 41.8 Å². The van der Waals surface area contributed by atoms with Gasteiger partial charge >= 0.3 is 24.1 Å². The molecule has 0 aliphatic carbocycles. The number of hydrogen-bond acceptors (Lipinski definition) is 13. The predicted molar refractivity (Wildman–Crippen MR) is 170 cm³/mol. The zero-order valence-electron chi connectivity index (χ0n) is 30.2. The van der Waals surface area contributed by atoms with Crippen LogP contribution in [0.4, 0.5) is 14.0 Å². The summed E-state index contributed by atoms with van der Waals surface area (Å²) in [5, 5.41) is 2.62. The van der Waals surface area contributed by atoms with E-state index in [4.69, 9.17) is 34.2 Å². The molecule has 3 rings (SSSR count). The molecule has 0 aromatic heterocycles. The van der Waals surface area contributed by atoms with Gasteiger partial charge in [0.2, 0.25) is 0 Å². The molecule has 3 aliphatic heterocycles. The highest BCUT2D eigenvalue weighted by molar-refractivity contribution is 6.08. The van der Waals surface area contributed by atoms with Crippen LogP contribution >= 0.6 is 0 Å². The van der Waals surface area contributed by atoms with Crippen LogP contribution in [0.5, 0.6) is 0 Å². The van der Waals surface area contributed by atoms with Gasteiger partial charge in [0.05, 0.1) is 18.2 Å². The zero-order chi connectivity index (χ0) is 37.4. The monoisotopic (exact) mass is 701 g/mol. The second kappa shape index (κ2) is 14.9. The smallest absolute Gasteiger partial charge is 0.408 e. The largest absolute Gasteiger partial charge is 0.455 e. The van der Waals surface area contributed by atoms with Crippen molar-refractivity contribution in [2.24, 2.45) is 23.5 Å². The number of primary amides is 1. The Morgan fingerprint density at radius 3 is 2.20 bits per heavy atom. The lowest BCUT2D eigenvalue weighted by Crippen LogP contribution is -2.62. The maximum atomic E-state index is 16.6. The van der Waals surface area contributed by atoms with Crippen molar-refractivity contribution in [2.45, 2.75) is 141 Å². The zero-order valence-corrected chi connectivity index (χ0v) is 30.2. The molecule has 0 bridgehead atoms. The predicted octanol–water partition coefficient (Wildman–Crippen LogP) is 2.59. The van der Waals surface area contributed by atoms with Crippen molar-refractivity contribution >= 4 is 35.7 Å². The summed E-state index contributed by atoms with van der Waals surface area (Å²) in [5.41, 5.74) is -1.31. The van der Waals surface area contributed by atoms with Crippen LogP contribution in [-0.2, 0) is 47.6 Å². The lowest BCUT2D eigenvalue weighted by atomic mass is 9.73. The van der Waals surface area contributed by atoms with Crippen molar-refractivity contribution in [1.29, 1.82) is 0 Å². The Kier molecular flexibility index (Phi) is 12.1. The van der Waals surface area contributed by atoms with Crippen LogP contribution in [0.25, 0.3) is 0 Å². The standard InChI is InChI=1S/C33H52FN3O12/c1-12-21-33(9)24(36-30(43)49-33)17(4)22(39)15(2)14-31(7,48-29(35)42)26(18(5)25(40)32(8,34)28(41)46-21)47-27-23(45-19(6)38)20(37(10)11)13-16(3)44-27/h15-18,20-21,23-24,26-27H,12-14H2,1-11H3,(H2,35,42)(H,36,43)/t15-,16-,17+,18+,20+,21-,23-,24-,26-,27+,31-,32+,33-/m1/s1. The van der Waals surface area contributed by atoms with Gasteiger partial charge in [-0.25, -0.2) is 18.8 Å². The highest BCUT2D eigenvalue weighted by Gasteiger charge is 2.60. The molecule has 3 saturated heterocycles. The van der Waals surface area contributed by atoms with E-state index < -0.39 is 113 Å². The number of ketones is 2. The van der Waals surface area contributed by atoms with Crippen molar-refractivity contribution < 1.29 is 61.6 Å². The number of nitrogens with zero attached hydrogens (tertiary/aromatic N) is 1. The molecule has 15 nitrogen and oxygen atoms in total. The average Bonchev–Trinajstić information content (AvgIpc) is 3.30. The number of nitrogens with two attached hydrogens (primary N) is 1. The Balaban J connectivity index is 2.24. The Morgan fingerprint density at radius 2 is 1.67 bits per heavy atom. The summed E-state index contributed by atoms with van der Waals surface area (Å²) < 4.78 is 51.6. The number of alkyl halides is 1. The van der Waals surface area contributed by atoms with Crippen molar-refractivity contribution in [3.05, 3.63) is 0 Å². The maximum absolute atomic E-state index is 16.6. The third kappa shape index (κ3) is 8.17. The molecular formula is C33H52FN3O12. The molecule has 0 saturated carbocycles. The van der Waals surface area contributed by atoms with Gasteiger partial charge < -0.3 is 44.4 Å². The molecule has 2 amide bonds. The summed E-state index contributed by atoms with van der Waals surface area (Å²) >= 11 is 0. The first-order valence-corrected chi connectivity index (χ1v) is 16.6. The number of hydrogen-bond donors (Lipinski definition) is 2. The molecule has 13 atom stereocenters. The lowest BCUT2D eigenvalue weighted by molar-refractivity contribution is -0.295. The maximum Gasteiger partial charge on any atom is 0.408 e. The fraction of sp³-hybridized carbons (Fsp3) is 0.818. The van der Waals surface area contributed by atoms with Gasteiger partial charge in [-0.3, -0.25) is 14.4 Å². The highest BCUT2D eigenvalue weighted by Crippen LogP contribution is 2.41. The van der Waals surface area contributed by atoms with Crippen LogP contribution in [0.2, 0.25) is 0 Å². The van der Waals surface area contributed by atoms with Gasteiger partial charge in [-0.05, 0) is 61.1 Å². The molecule has 0 aromatic carbocycles. The van der Waals surface area contributed by atoms with Crippen LogP contribution in [0.1, 0.15) is 81.6 Å². The number of carbonyl (C=O) groups is 6. The number of cyclic esters (lactones) is 1. The van der Waals surface area contributed by atoms with Gasteiger partial charge in [-0.1, -0.05) is 27.7 Å². The highest BCUT2D eigenvalue weighted by atomic mass is 19.1. The number of carbonyl (C=O) groups excluding carboxylic acids is 6. The summed E-state index contributed by atoms with van der Waals surface area (Å²) in [6.07, 6.45) is -7.77. The molecule has 3 heterocycles. The van der Waals surface area contributed by atoms with E-state index in [1.165, 1.54) is 27.7 Å². The fourth-order valence-electron chi connectivity index (χ4n) is 7.62. The number of halogens is 1. The third-order valence-electron chi connectivity index (χ3n) is 10.1. The summed E-state index contributed by atoms with van der Waals surface area (Å²) in [5.74, 6) is -7.40. The van der Waals surface area contributed by atoms with E-state index in [2.05, 4.69) is 5.32 Å². The van der Waals surface area contributed by atoms with Crippen molar-refractivity contribution in [3.8, 4) is 0 Å².